The van der Waals surface area contributed by atoms with E-state index in [4.69, 9.17) is 27.9 Å². The number of carbonyl (C=O) groups is 1. The highest BCUT2D eigenvalue weighted by molar-refractivity contribution is 6.30. The number of rotatable bonds is 5. The molecule has 0 aliphatic rings. The maximum absolute atomic E-state index is 12.1. The van der Waals surface area contributed by atoms with Crippen molar-refractivity contribution in [2.75, 3.05) is 7.11 Å². The standard InChI is InChI=1S/C22H18Cl2O2/c1-26-22(25)20-13-6-16(3-2-15-4-9-18(23)10-5-15)14-21(20)17-7-11-19(24)12-8-17/h4-14H,2-3H2,1H3. The third-order valence-corrected chi connectivity index (χ3v) is 4.76. The van der Waals surface area contributed by atoms with Crippen molar-refractivity contribution in [1.29, 1.82) is 0 Å². The van der Waals surface area contributed by atoms with Crippen LogP contribution in [0.15, 0.2) is 66.7 Å². The van der Waals surface area contributed by atoms with Gasteiger partial charge in [-0.05, 0) is 65.4 Å². The first-order valence-corrected chi connectivity index (χ1v) is 9.04. The molecule has 4 heteroatoms. The molecule has 0 amide bonds. The van der Waals surface area contributed by atoms with E-state index in [0.717, 1.165) is 34.6 Å². The van der Waals surface area contributed by atoms with E-state index in [2.05, 4.69) is 0 Å². The van der Waals surface area contributed by atoms with Gasteiger partial charge in [-0.2, -0.15) is 0 Å². The number of hydrogen-bond acceptors (Lipinski definition) is 2. The van der Waals surface area contributed by atoms with E-state index in [-0.39, 0.29) is 5.97 Å². The second-order valence-electron chi connectivity index (χ2n) is 6.00. The van der Waals surface area contributed by atoms with E-state index in [1.165, 1.54) is 12.7 Å². The van der Waals surface area contributed by atoms with Gasteiger partial charge in [0.05, 0.1) is 12.7 Å². The molecular formula is C22H18Cl2O2. The van der Waals surface area contributed by atoms with Crippen LogP contribution < -0.4 is 0 Å². The number of carbonyl (C=O) groups excluding carboxylic acids is 1. The summed E-state index contributed by atoms with van der Waals surface area (Å²) >= 11 is 11.9. The highest BCUT2D eigenvalue weighted by Gasteiger charge is 2.14. The summed E-state index contributed by atoms with van der Waals surface area (Å²) in [6.45, 7) is 0. The molecule has 3 aromatic rings. The summed E-state index contributed by atoms with van der Waals surface area (Å²) in [4.78, 5) is 12.1. The summed E-state index contributed by atoms with van der Waals surface area (Å²) in [6, 6.07) is 21.2. The predicted molar refractivity (Wildman–Crippen MR) is 107 cm³/mol. The zero-order chi connectivity index (χ0) is 18.5. The lowest BCUT2D eigenvalue weighted by Crippen LogP contribution is -2.04. The molecule has 0 aliphatic carbocycles. The third kappa shape index (κ3) is 4.46. The maximum Gasteiger partial charge on any atom is 0.338 e. The van der Waals surface area contributed by atoms with Crippen LogP contribution >= 0.6 is 23.2 Å². The van der Waals surface area contributed by atoms with Gasteiger partial charge in [0.2, 0.25) is 0 Å². The predicted octanol–water partition coefficient (Wildman–Crippen LogP) is 6.23. The van der Waals surface area contributed by atoms with Crippen LogP contribution in [0.1, 0.15) is 21.5 Å². The number of ether oxygens (including phenoxy) is 1. The molecule has 0 N–H and O–H groups in total. The molecule has 0 aromatic heterocycles. The second-order valence-corrected chi connectivity index (χ2v) is 6.88. The summed E-state index contributed by atoms with van der Waals surface area (Å²) in [5.41, 5.74) is 4.70. The van der Waals surface area contributed by atoms with E-state index >= 15 is 0 Å². The van der Waals surface area contributed by atoms with Gasteiger partial charge in [-0.25, -0.2) is 4.79 Å². The molecule has 0 atom stereocenters. The third-order valence-electron chi connectivity index (χ3n) is 4.26. The summed E-state index contributed by atoms with van der Waals surface area (Å²) in [6.07, 6.45) is 1.76. The molecule has 0 heterocycles. The second kappa shape index (κ2) is 8.39. The van der Waals surface area contributed by atoms with Crippen molar-refractivity contribution < 1.29 is 9.53 Å². The number of benzene rings is 3. The van der Waals surface area contributed by atoms with Gasteiger partial charge in [-0.3, -0.25) is 0 Å². The van der Waals surface area contributed by atoms with E-state index in [1.54, 1.807) is 0 Å². The minimum Gasteiger partial charge on any atom is -0.465 e. The van der Waals surface area contributed by atoms with Crippen molar-refractivity contribution in [3.63, 3.8) is 0 Å². The Labute approximate surface area is 163 Å². The van der Waals surface area contributed by atoms with Crippen LogP contribution in [0.25, 0.3) is 11.1 Å². The highest BCUT2D eigenvalue weighted by atomic mass is 35.5. The maximum atomic E-state index is 12.1. The van der Waals surface area contributed by atoms with Crippen molar-refractivity contribution in [3.05, 3.63) is 93.5 Å². The van der Waals surface area contributed by atoms with Crippen molar-refractivity contribution in [1.82, 2.24) is 0 Å². The first-order valence-electron chi connectivity index (χ1n) is 8.28. The molecule has 0 fully saturated rings. The highest BCUT2D eigenvalue weighted by Crippen LogP contribution is 2.28. The monoisotopic (exact) mass is 384 g/mol. The number of esters is 1. The van der Waals surface area contributed by atoms with Gasteiger partial charge in [0.15, 0.2) is 0 Å². The average Bonchev–Trinajstić information content (AvgIpc) is 2.67. The Morgan fingerprint density at radius 1 is 0.808 bits per heavy atom. The van der Waals surface area contributed by atoms with Crippen LogP contribution in [0, 0.1) is 0 Å². The Bertz CT molecular complexity index is 900. The topological polar surface area (TPSA) is 26.3 Å². The largest absolute Gasteiger partial charge is 0.465 e. The fraction of sp³-hybridized carbons (Fsp3) is 0.136. The van der Waals surface area contributed by atoms with E-state index < -0.39 is 0 Å². The van der Waals surface area contributed by atoms with Crippen LogP contribution in [0.4, 0.5) is 0 Å². The van der Waals surface area contributed by atoms with Crippen LogP contribution in [-0.4, -0.2) is 13.1 Å². The van der Waals surface area contributed by atoms with Crippen molar-refractivity contribution >= 4 is 29.2 Å². The molecule has 0 aliphatic heterocycles. The van der Waals surface area contributed by atoms with Gasteiger partial charge < -0.3 is 4.74 Å². The Kier molecular flexibility index (Phi) is 5.97. The number of methoxy groups -OCH3 is 1. The first-order chi connectivity index (χ1) is 12.6. The summed E-state index contributed by atoms with van der Waals surface area (Å²) in [5.74, 6) is -0.348. The molecule has 0 saturated carbocycles. The lowest BCUT2D eigenvalue weighted by molar-refractivity contribution is 0.0601. The van der Waals surface area contributed by atoms with Crippen LogP contribution in [0.3, 0.4) is 0 Å². The average molecular weight is 385 g/mol. The molecule has 0 bridgehead atoms. The van der Waals surface area contributed by atoms with E-state index in [9.17, 15) is 4.79 Å². The van der Waals surface area contributed by atoms with Gasteiger partial charge in [0, 0.05) is 10.0 Å². The fourth-order valence-corrected chi connectivity index (χ4v) is 3.09. The molecule has 3 aromatic carbocycles. The summed E-state index contributed by atoms with van der Waals surface area (Å²) in [5, 5.41) is 1.40. The molecule has 26 heavy (non-hydrogen) atoms. The Balaban J connectivity index is 1.90. The number of aryl methyl sites for hydroxylation is 2. The molecule has 3 rings (SSSR count). The Morgan fingerprint density at radius 2 is 1.35 bits per heavy atom. The smallest absolute Gasteiger partial charge is 0.338 e. The van der Waals surface area contributed by atoms with Gasteiger partial charge in [-0.1, -0.05) is 59.6 Å². The van der Waals surface area contributed by atoms with Crippen molar-refractivity contribution in [2.45, 2.75) is 12.8 Å². The molecular weight excluding hydrogens is 367 g/mol. The van der Waals surface area contributed by atoms with E-state index in [0.29, 0.717) is 10.6 Å². The SMILES string of the molecule is COC(=O)c1ccc(CCc2ccc(Cl)cc2)cc1-c1ccc(Cl)cc1. The number of halogens is 2. The first kappa shape index (κ1) is 18.5. The minimum atomic E-state index is -0.348. The zero-order valence-corrected chi connectivity index (χ0v) is 15.8. The minimum absolute atomic E-state index is 0.348. The fourth-order valence-electron chi connectivity index (χ4n) is 2.84. The molecule has 132 valence electrons. The normalized spacial score (nSPS) is 10.6. The summed E-state index contributed by atoms with van der Waals surface area (Å²) < 4.78 is 4.93. The lowest BCUT2D eigenvalue weighted by atomic mass is 9.95. The molecule has 0 saturated heterocycles. The summed E-state index contributed by atoms with van der Waals surface area (Å²) in [7, 11) is 1.39. The lowest BCUT2D eigenvalue weighted by Gasteiger charge is -2.11. The Hall–Kier alpha value is -2.29. The zero-order valence-electron chi connectivity index (χ0n) is 14.3. The quantitative estimate of drug-likeness (QED) is 0.487. The molecule has 2 nitrogen and oxygen atoms in total. The molecule has 0 radical (unpaired) electrons. The molecule has 0 unspecified atom stereocenters. The van der Waals surface area contributed by atoms with Crippen LogP contribution in [-0.2, 0) is 17.6 Å². The van der Waals surface area contributed by atoms with Crippen LogP contribution in [0.5, 0.6) is 0 Å². The van der Waals surface area contributed by atoms with Crippen molar-refractivity contribution in [2.24, 2.45) is 0 Å². The van der Waals surface area contributed by atoms with Gasteiger partial charge in [-0.15, -0.1) is 0 Å². The van der Waals surface area contributed by atoms with E-state index in [1.807, 2.05) is 66.7 Å². The molecule has 0 spiro atoms. The van der Waals surface area contributed by atoms with Crippen LogP contribution in [0.2, 0.25) is 10.0 Å². The Morgan fingerprint density at radius 3 is 1.96 bits per heavy atom. The van der Waals surface area contributed by atoms with Gasteiger partial charge in [0.25, 0.3) is 0 Å². The van der Waals surface area contributed by atoms with Gasteiger partial charge >= 0.3 is 5.97 Å². The van der Waals surface area contributed by atoms with Gasteiger partial charge in [0.1, 0.15) is 0 Å². The van der Waals surface area contributed by atoms with Crippen molar-refractivity contribution in [3.8, 4) is 11.1 Å². The number of hydrogen-bond donors (Lipinski definition) is 0.